The molecule has 0 radical (unpaired) electrons. The van der Waals surface area contributed by atoms with Crippen molar-refractivity contribution in [2.45, 2.75) is 26.2 Å². The molecule has 0 saturated heterocycles. The SMILES string of the molecule is CN=C(NCCOc1ccc(F)cc1F)NCCc1nc(C(C)C)no1. The topological polar surface area (TPSA) is 84.6 Å². The first-order valence-electron chi connectivity index (χ1n) is 8.34. The third-order valence-electron chi connectivity index (χ3n) is 3.40. The average molecular weight is 367 g/mol. The Morgan fingerprint density at radius 3 is 2.69 bits per heavy atom. The van der Waals surface area contributed by atoms with E-state index >= 15 is 0 Å². The lowest BCUT2D eigenvalue weighted by Gasteiger charge is -2.12. The first-order valence-corrected chi connectivity index (χ1v) is 8.34. The lowest BCUT2D eigenvalue weighted by Crippen LogP contribution is -2.40. The number of aromatic nitrogens is 2. The molecule has 2 aromatic rings. The maximum atomic E-state index is 13.4. The fourth-order valence-corrected chi connectivity index (χ4v) is 2.04. The van der Waals surface area contributed by atoms with Crippen molar-refractivity contribution in [2.24, 2.45) is 4.99 Å². The lowest BCUT2D eigenvalue weighted by atomic mass is 10.2. The summed E-state index contributed by atoms with van der Waals surface area (Å²) in [6.07, 6.45) is 0.567. The Hall–Kier alpha value is -2.71. The summed E-state index contributed by atoms with van der Waals surface area (Å²) in [6, 6.07) is 3.19. The predicted octanol–water partition coefficient (Wildman–Crippen LogP) is 2.26. The van der Waals surface area contributed by atoms with Crippen LogP contribution in [0.4, 0.5) is 8.78 Å². The highest BCUT2D eigenvalue weighted by Crippen LogP contribution is 2.17. The molecular weight excluding hydrogens is 344 g/mol. The molecule has 0 spiro atoms. The number of rotatable bonds is 8. The number of benzene rings is 1. The summed E-state index contributed by atoms with van der Waals surface area (Å²) in [7, 11) is 1.64. The van der Waals surface area contributed by atoms with E-state index in [9.17, 15) is 8.78 Å². The molecule has 1 heterocycles. The van der Waals surface area contributed by atoms with Crippen molar-refractivity contribution in [3.05, 3.63) is 41.5 Å². The normalized spacial score (nSPS) is 11.7. The molecular formula is C17H23F2N5O2. The first kappa shape index (κ1) is 19.6. The fraction of sp³-hybridized carbons (Fsp3) is 0.471. The van der Waals surface area contributed by atoms with E-state index in [1.165, 1.54) is 6.07 Å². The number of hydrogen-bond acceptors (Lipinski definition) is 5. The minimum absolute atomic E-state index is 0.00787. The van der Waals surface area contributed by atoms with Gasteiger partial charge >= 0.3 is 0 Å². The third-order valence-corrected chi connectivity index (χ3v) is 3.40. The minimum Gasteiger partial charge on any atom is -0.489 e. The zero-order chi connectivity index (χ0) is 18.9. The van der Waals surface area contributed by atoms with Crippen molar-refractivity contribution in [3.63, 3.8) is 0 Å². The molecule has 2 N–H and O–H groups in total. The molecule has 0 bridgehead atoms. The van der Waals surface area contributed by atoms with Gasteiger partial charge in [-0.05, 0) is 12.1 Å². The molecule has 9 heteroatoms. The minimum atomic E-state index is -0.729. The van der Waals surface area contributed by atoms with Crippen LogP contribution in [0.1, 0.15) is 31.5 Å². The molecule has 0 atom stereocenters. The number of ether oxygens (including phenoxy) is 1. The molecule has 1 aromatic heterocycles. The van der Waals surface area contributed by atoms with Gasteiger partial charge in [0.15, 0.2) is 23.4 Å². The number of nitrogens with one attached hydrogen (secondary N) is 2. The Morgan fingerprint density at radius 2 is 2.04 bits per heavy atom. The van der Waals surface area contributed by atoms with Crippen LogP contribution in [0.2, 0.25) is 0 Å². The molecule has 0 amide bonds. The second kappa shape index (κ2) is 9.69. The van der Waals surface area contributed by atoms with E-state index in [1.807, 2.05) is 13.8 Å². The molecule has 2 rings (SSSR count). The molecule has 0 fully saturated rings. The van der Waals surface area contributed by atoms with Gasteiger partial charge in [-0.25, -0.2) is 8.78 Å². The average Bonchev–Trinajstić information content (AvgIpc) is 3.07. The van der Waals surface area contributed by atoms with E-state index in [0.29, 0.717) is 37.2 Å². The van der Waals surface area contributed by atoms with Crippen LogP contribution in [-0.2, 0) is 6.42 Å². The Kier molecular flexibility index (Phi) is 7.31. The summed E-state index contributed by atoms with van der Waals surface area (Å²) >= 11 is 0. The number of hydrogen-bond donors (Lipinski definition) is 2. The molecule has 0 aliphatic heterocycles. The summed E-state index contributed by atoms with van der Waals surface area (Å²) < 4.78 is 36.7. The van der Waals surface area contributed by atoms with Crippen LogP contribution < -0.4 is 15.4 Å². The van der Waals surface area contributed by atoms with Crippen molar-refractivity contribution in [1.82, 2.24) is 20.8 Å². The third kappa shape index (κ3) is 5.98. The van der Waals surface area contributed by atoms with E-state index in [1.54, 1.807) is 7.05 Å². The molecule has 1 aromatic carbocycles. The van der Waals surface area contributed by atoms with Gasteiger partial charge in [0.1, 0.15) is 12.4 Å². The van der Waals surface area contributed by atoms with Crippen LogP contribution >= 0.6 is 0 Å². The second-order valence-electron chi connectivity index (χ2n) is 5.80. The molecule has 0 aliphatic rings. The smallest absolute Gasteiger partial charge is 0.228 e. The van der Waals surface area contributed by atoms with Gasteiger partial charge in [0.2, 0.25) is 5.89 Å². The van der Waals surface area contributed by atoms with Crippen molar-refractivity contribution >= 4 is 5.96 Å². The van der Waals surface area contributed by atoms with Crippen LogP contribution in [0.3, 0.4) is 0 Å². The fourth-order valence-electron chi connectivity index (χ4n) is 2.04. The summed E-state index contributed by atoms with van der Waals surface area (Å²) in [4.78, 5) is 8.37. The number of aliphatic imine (C=N–C) groups is 1. The standard InChI is InChI=1S/C17H23F2N5O2/c1-11(2)16-23-15(26-24-16)6-7-21-17(20-3)22-8-9-25-14-5-4-12(18)10-13(14)19/h4-5,10-11H,6-9H2,1-3H3,(H2,20,21,22). The quantitative estimate of drug-likeness (QED) is 0.423. The van der Waals surface area contributed by atoms with E-state index in [-0.39, 0.29) is 18.3 Å². The Morgan fingerprint density at radius 1 is 1.27 bits per heavy atom. The van der Waals surface area contributed by atoms with Crippen molar-refractivity contribution < 1.29 is 18.0 Å². The Labute approximate surface area is 150 Å². The molecule has 0 unspecified atom stereocenters. The van der Waals surface area contributed by atoms with Gasteiger partial charge in [0, 0.05) is 32.0 Å². The predicted molar refractivity (Wildman–Crippen MR) is 93.3 cm³/mol. The monoisotopic (exact) mass is 367 g/mol. The van der Waals surface area contributed by atoms with Crippen LogP contribution in [0.15, 0.2) is 27.7 Å². The van der Waals surface area contributed by atoms with Crippen LogP contribution in [0.25, 0.3) is 0 Å². The van der Waals surface area contributed by atoms with E-state index in [4.69, 9.17) is 9.26 Å². The first-order chi connectivity index (χ1) is 12.5. The van der Waals surface area contributed by atoms with Crippen LogP contribution in [-0.4, -0.2) is 42.8 Å². The molecule has 26 heavy (non-hydrogen) atoms. The van der Waals surface area contributed by atoms with Gasteiger partial charge in [-0.2, -0.15) is 4.98 Å². The molecule has 0 saturated carbocycles. The van der Waals surface area contributed by atoms with E-state index in [2.05, 4.69) is 25.8 Å². The number of nitrogens with zero attached hydrogens (tertiary/aromatic N) is 3. The summed E-state index contributed by atoms with van der Waals surface area (Å²) in [5.74, 6) is 0.678. The maximum absolute atomic E-state index is 13.4. The lowest BCUT2D eigenvalue weighted by molar-refractivity contribution is 0.304. The van der Waals surface area contributed by atoms with Crippen molar-refractivity contribution in [1.29, 1.82) is 0 Å². The molecule has 7 nitrogen and oxygen atoms in total. The molecule has 0 aliphatic carbocycles. The highest BCUT2D eigenvalue weighted by atomic mass is 19.1. The largest absolute Gasteiger partial charge is 0.489 e. The van der Waals surface area contributed by atoms with E-state index in [0.717, 1.165) is 12.1 Å². The summed E-state index contributed by atoms with van der Waals surface area (Å²) in [5, 5.41) is 10.0. The van der Waals surface area contributed by atoms with E-state index < -0.39 is 11.6 Å². The highest BCUT2D eigenvalue weighted by molar-refractivity contribution is 5.79. The van der Waals surface area contributed by atoms with Crippen LogP contribution in [0.5, 0.6) is 5.75 Å². The van der Waals surface area contributed by atoms with Gasteiger partial charge in [0.05, 0.1) is 6.54 Å². The van der Waals surface area contributed by atoms with Gasteiger partial charge in [-0.15, -0.1) is 0 Å². The zero-order valence-corrected chi connectivity index (χ0v) is 15.1. The van der Waals surface area contributed by atoms with Gasteiger partial charge in [-0.3, -0.25) is 4.99 Å². The van der Waals surface area contributed by atoms with Crippen LogP contribution in [0, 0.1) is 11.6 Å². The maximum Gasteiger partial charge on any atom is 0.228 e. The summed E-state index contributed by atoms with van der Waals surface area (Å²) in [6.45, 7) is 5.16. The van der Waals surface area contributed by atoms with Crippen molar-refractivity contribution in [2.75, 3.05) is 26.7 Å². The Bertz CT molecular complexity index is 734. The number of guanidine groups is 1. The van der Waals surface area contributed by atoms with Gasteiger partial charge in [0.25, 0.3) is 0 Å². The molecule has 142 valence electrons. The van der Waals surface area contributed by atoms with Gasteiger partial charge < -0.3 is 19.9 Å². The highest BCUT2D eigenvalue weighted by Gasteiger charge is 2.09. The summed E-state index contributed by atoms with van der Waals surface area (Å²) in [5.41, 5.74) is 0. The van der Waals surface area contributed by atoms with Gasteiger partial charge in [-0.1, -0.05) is 19.0 Å². The second-order valence-corrected chi connectivity index (χ2v) is 5.80. The zero-order valence-electron chi connectivity index (χ0n) is 15.1. The van der Waals surface area contributed by atoms with Crippen molar-refractivity contribution in [3.8, 4) is 5.75 Å². The number of halogens is 2. The Balaban J connectivity index is 1.67.